The lowest BCUT2D eigenvalue weighted by molar-refractivity contribution is -0.137. The number of benzene rings is 3. The number of carbonyl (C=O) groups is 3. The van der Waals surface area contributed by atoms with Crippen LogP contribution in [0.3, 0.4) is 0 Å². The first kappa shape index (κ1) is 37.7. The normalized spacial score (nSPS) is 15.6. The maximum absolute atomic E-state index is 14.0. The van der Waals surface area contributed by atoms with Crippen LogP contribution in [0.25, 0.3) is 11.1 Å². The third-order valence-corrected chi connectivity index (χ3v) is 8.96. The molecule has 49 heavy (non-hydrogen) atoms. The molecule has 4 amide bonds. The Hall–Kier alpha value is -4.11. The van der Waals surface area contributed by atoms with Crippen molar-refractivity contribution in [3.8, 4) is 11.1 Å². The molecule has 0 unspecified atom stereocenters. The van der Waals surface area contributed by atoms with Gasteiger partial charge in [0.25, 0.3) is 5.91 Å². The minimum Gasteiger partial charge on any atom is -0.395 e. The Morgan fingerprint density at radius 2 is 1.76 bits per heavy atom. The van der Waals surface area contributed by atoms with Crippen molar-refractivity contribution in [1.82, 2.24) is 21.3 Å². The van der Waals surface area contributed by atoms with E-state index >= 15 is 0 Å². The second-order valence-corrected chi connectivity index (χ2v) is 13.6. The minimum absolute atomic E-state index is 0.00509. The Balaban J connectivity index is 1.57. The van der Waals surface area contributed by atoms with Gasteiger partial charge in [-0.15, -0.1) is 11.8 Å². The van der Waals surface area contributed by atoms with E-state index in [0.717, 1.165) is 40.6 Å². The van der Waals surface area contributed by atoms with Crippen LogP contribution in [0.4, 0.5) is 23.7 Å². The largest absolute Gasteiger partial charge is 0.416 e. The molecule has 0 spiro atoms. The summed E-state index contributed by atoms with van der Waals surface area (Å²) in [6, 6.07) is 16.8. The van der Waals surface area contributed by atoms with E-state index in [0.29, 0.717) is 11.3 Å². The minimum atomic E-state index is -4.57. The highest BCUT2D eigenvalue weighted by Gasteiger charge is 2.36. The van der Waals surface area contributed by atoms with Gasteiger partial charge >= 0.3 is 12.2 Å². The summed E-state index contributed by atoms with van der Waals surface area (Å²) < 4.78 is 40.9. The number of hydrogen-bond acceptors (Lipinski definition) is 7. The van der Waals surface area contributed by atoms with Crippen molar-refractivity contribution in [3.63, 3.8) is 0 Å². The number of anilines is 1. The van der Waals surface area contributed by atoms with E-state index in [9.17, 15) is 32.7 Å². The van der Waals surface area contributed by atoms with Crippen molar-refractivity contribution in [1.29, 1.82) is 0 Å². The Morgan fingerprint density at radius 3 is 2.43 bits per heavy atom. The van der Waals surface area contributed by atoms with Gasteiger partial charge in [0.2, 0.25) is 5.91 Å². The van der Waals surface area contributed by atoms with Crippen LogP contribution in [0.1, 0.15) is 43.9 Å². The van der Waals surface area contributed by atoms with Crippen LogP contribution in [-0.4, -0.2) is 71.2 Å². The molecule has 0 bridgehead atoms. The van der Waals surface area contributed by atoms with Crippen LogP contribution < -0.4 is 26.2 Å². The smallest absolute Gasteiger partial charge is 0.395 e. The van der Waals surface area contributed by atoms with Gasteiger partial charge in [-0.05, 0) is 61.2 Å². The summed E-state index contributed by atoms with van der Waals surface area (Å²) in [4.78, 5) is 40.8. The zero-order valence-corrected chi connectivity index (χ0v) is 28.4. The summed E-state index contributed by atoms with van der Waals surface area (Å²) in [5, 5.41) is 29.8. The van der Waals surface area contributed by atoms with Crippen molar-refractivity contribution in [2.75, 3.05) is 30.3 Å². The monoisotopic (exact) mass is 701 g/mol. The summed E-state index contributed by atoms with van der Waals surface area (Å²) >= 11 is 1.08. The van der Waals surface area contributed by atoms with Crippen LogP contribution in [0.2, 0.25) is 0 Å². The van der Waals surface area contributed by atoms with Gasteiger partial charge in [0.1, 0.15) is 6.04 Å². The summed E-state index contributed by atoms with van der Waals surface area (Å²) in [5.41, 5.74) is 2.09. The molecule has 3 aromatic carbocycles. The molecule has 6 N–H and O–H groups in total. The van der Waals surface area contributed by atoms with Crippen molar-refractivity contribution in [2.24, 2.45) is 0 Å². The molecular weight excluding hydrogens is 659 g/mol. The number of carbonyl (C=O) groups excluding carboxylic acids is 3. The molecule has 1 aliphatic rings. The van der Waals surface area contributed by atoms with E-state index in [2.05, 4.69) is 21.3 Å². The number of halogens is 3. The number of β-amino-alcohol motifs (C(OH)–C–C–N with tert-alkyl or cyclic N) is 1. The predicted octanol–water partition coefficient (Wildman–Crippen LogP) is 4.43. The van der Waals surface area contributed by atoms with Crippen LogP contribution in [0, 0.1) is 0 Å². The van der Waals surface area contributed by atoms with Crippen molar-refractivity contribution in [3.05, 3.63) is 83.4 Å². The zero-order chi connectivity index (χ0) is 35.8. The second kappa shape index (κ2) is 16.5. The molecule has 0 aromatic heterocycles. The van der Waals surface area contributed by atoms with Crippen molar-refractivity contribution < 1.29 is 37.8 Å². The molecule has 3 aromatic rings. The number of rotatable bonds is 13. The Labute approximate surface area is 287 Å². The fourth-order valence-corrected chi connectivity index (χ4v) is 6.42. The highest BCUT2D eigenvalue weighted by atomic mass is 32.2. The van der Waals surface area contributed by atoms with Gasteiger partial charge in [-0.1, -0.05) is 48.5 Å². The Morgan fingerprint density at radius 1 is 1.04 bits per heavy atom. The average molecular weight is 702 g/mol. The molecule has 1 aliphatic heterocycles. The van der Waals surface area contributed by atoms with Gasteiger partial charge in [-0.2, -0.15) is 13.2 Å². The van der Waals surface area contributed by atoms with Gasteiger partial charge in [0.15, 0.2) is 0 Å². The van der Waals surface area contributed by atoms with Crippen LogP contribution in [0.15, 0.2) is 71.6 Å². The molecule has 14 heteroatoms. The Kier molecular flexibility index (Phi) is 12.7. The molecule has 0 saturated heterocycles. The van der Waals surface area contributed by atoms with Gasteiger partial charge in [0, 0.05) is 42.2 Å². The highest BCUT2D eigenvalue weighted by Crippen LogP contribution is 2.40. The van der Waals surface area contributed by atoms with Gasteiger partial charge < -0.3 is 36.4 Å². The summed E-state index contributed by atoms with van der Waals surface area (Å²) in [7, 11) is 0. The SMILES string of the molecule is C[C@@H](O)CNC(C)(C)CC(=O)N[C@@H]1CSc2cc(C(F)(F)F)ccc2N(Cc2ccc(-c3ccccc3CNC(=O)NCCO)cc2)C1=O. The first-order valence-electron chi connectivity index (χ1n) is 15.8. The van der Waals surface area contributed by atoms with E-state index in [1.54, 1.807) is 20.8 Å². The predicted molar refractivity (Wildman–Crippen MR) is 183 cm³/mol. The van der Waals surface area contributed by atoms with E-state index in [-0.39, 0.29) is 49.9 Å². The topological polar surface area (TPSA) is 143 Å². The van der Waals surface area contributed by atoms with Gasteiger partial charge in [0.05, 0.1) is 30.5 Å². The number of hydrogen-bond donors (Lipinski definition) is 6. The number of fused-ring (bicyclic) bond motifs is 1. The average Bonchev–Trinajstić information content (AvgIpc) is 3.17. The van der Waals surface area contributed by atoms with Gasteiger partial charge in [-0.25, -0.2) is 4.79 Å². The lowest BCUT2D eigenvalue weighted by atomic mass is 9.98. The number of alkyl halides is 3. The number of urea groups is 1. The molecular formula is C35H42F3N5O5S. The fraction of sp³-hybridized carbons (Fsp3) is 0.400. The number of amides is 4. The molecule has 4 rings (SSSR count). The van der Waals surface area contributed by atoms with Crippen LogP contribution >= 0.6 is 11.8 Å². The third-order valence-electron chi connectivity index (χ3n) is 7.82. The highest BCUT2D eigenvalue weighted by molar-refractivity contribution is 7.99. The molecule has 0 saturated carbocycles. The van der Waals surface area contributed by atoms with Crippen molar-refractivity contribution >= 4 is 35.3 Å². The molecule has 2 atom stereocenters. The maximum Gasteiger partial charge on any atom is 0.416 e. The summed E-state index contributed by atoms with van der Waals surface area (Å²) in [6.45, 7) is 5.74. The standard InChI is InChI=1S/C35H42F3N5O5S/c1-22(45)18-41-34(2,3)17-31(46)42-28-21-49-30-16-26(35(36,37)38)12-13-29(30)43(32(28)47)20-23-8-10-24(11-9-23)27-7-5-4-6-25(27)19-40-33(48)39-14-15-44/h4-13,16,22,28,41,44-45H,14-15,17-21H2,1-3H3,(H,42,46)(H2,39,40,48)/t22-,28-/m1/s1. The van der Waals surface area contributed by atoms with Crippen molar-refractivity contribution in [2.45, 2.75) is 69.0 Å². The maximum atomic E-state index is 14.0. The number of nitrogens with one attached hydrogen (secondary N) is 4. The zero-order valence-electron chi connectivity index (χ0n) is 27.6. The summed E-state index contributed by atoms with van der Waals surface area (Å²) in [5.74, 6) is -0.819. The lowest BCUT2D eigenvalue weighted by Gasteiger charge is -2.29. The van der Waals surface area contributed by atoms with Crippen LogP contribution in [0.5, 0.6) is 0 Å². The summed E-state index contributed by atoms with van der Waals surface area (Å²) in [6.07, 6.45) is -5.18. The third kappa shape index (κ3) is 10.7. The van der Waals surface area contributed by atoms with E-state index in [1.807, 2.05) is 48.5 Å². The second-order valence-electron chi connectivity index (χ2n) is 12.5. The van der Waals surface area contributed by atoms with E-state index < -0.39 is 47.3 Å². The lowest BCUT2D eigenvalue weighted by Crippen LogP contribution is -2.52. The van der Waals surface area contributed by atoms with E-state index in [4.69, 9.17) is 5.11 Å². The Bertz CT molecular complexity index is 1620. The molecule has 10 nitrogen and oxygen atoms in total. The number of nitrogens with zero attached hydrogens (tertiary/aromatic N) is 1. The number of thioether (sulfide) groups is 1. The first-order chi connectivity index (χ1) is 23.2. The number of aliphatic hydroxyl groups is 2. The number of aliphatic hydroxyl groups excluding tert-OH is 2. The van der Waals surface area contributed by atoms with Gasteiger partial charge in [-0.3, -0.25) is 9.59 Å². The van der Waals surface area contributed by atoms with E-state index in [1.165, 1.54) is 11.0 Å². The molecule has 1 heterocycles. The molecule has 264 valence electrons. The quantitative estimate of drug-likeness (QED) is 0.155. The fourth-order valence-electron chi connectivity index (χ4n) is 5.32. The molecule has 0 aliphatic carbocycles. The molecule has 0 radical (unpaired) electrons. The molecule has 0 fully saturated rings. The van der Waals surface area contributed by atoms with Crippen LogP contribution in [-0.2, 0) is 28.9 Å². The first-order valence-corrected chi connectivity index (χ1v) is 16.8.